The fraction of sp³-hybridized carbons (Fsp3) is 0.941. The van der Waals surface area contributed by atoms with Crippen molar-refractivity contribution in [3.63, 3.8) is 0 Å². The van der Waals surface area contributed by atoms with Crippen LogP contribution in [0.3, 0.4) is 0 Å². The van der Waals surface area contributed by atoms with Crippen molar-refractivity contribution < 1.29 is 9.53 Å². The van der Waals surface area contributed by atoms with E-state index in [1.54, 1.807) is 0 Å². The van der Waals surface area contributed by atoms with Crippen LogP contribution in [0.5, 0.6) is 0 Å². The monoisotopic (exact) mass is 298 g/mol. The lowest BCUT2D eigenvalue weighted by molar-refractivity contribution is -0.151. The van der Waals surface area contributed by atoms with Crippen LogP contribution in [0.25, 0.3) is 0 Å². The van der Waals surface area contributed by atoms with Crippen LogP contribution in [0, 0.1) is 0 Å². The molecule has 0 heterocycles. The third-order valence-corrected chi connectivity index (χ3v) is 4.85. The van der Waals surface area contributed by atoms with Crippen LogP contribution >= 0.6 is 0 Å². The van der Waals surface area contributed by atoms with E-state index < -0.39 is 5.54 Å². The molecule has 1 fully saturated rings. The molecule has 124 valence electrons. The molecule has 21 heavy (non-hydrogen) atoms. The zero-order valence-corrected chi connectivity index (χ0v) is 14.6. The van der Waals surface area contributed by atoms with Crippen molar-refractivity contribution in [3.05, 3.63) is 0 Å². The van der Waals surface area contributed by atoms with Gasteiger partial charge in [-0.3, -0.25) is 4.79 Å². The second-order valence-corrected chi connectivity index (χ2v) is 6.43. The topological polar surface area (TPSA) is 41.6 Å². The SMILES string of the molecule is CCCNC1(C(=O)OCC)CCC(N(C)C(C)CCC)C1. The van der Waals surface area contributed by atoms with Crippen molar-refractivity contribution in [1.82, 2.24) is 10.2 Å². The minimum absolute atomic E-state index is 0.0579. The second-order valence-electron chi connectivity index (χ2n) is 6.43. The van der Waals surface area contributed by atoms with Crippen LogP contribution in [0.4, 0.5) is 0 Å². The van der Waals surface area contributed by atoms with E-state index in [0.29, 0.717) is 18.7 Å². The Morgan fingerprint density at radius 1 is 1.38 bits per heavy atom. The minimum atomic E-state index is -0.461. The van der Waals surface area contributed by atoms with Crippen LogP contribution in [-0.4, -0.2) is 48.7 Å². The Morgan fingerprint density at radius 2 is 2.10 bits per heavy atom. The molecule has 3 atom stereocenters. The van der Waals surface area contributed by atoms with Crippen molar-refractivity contribution in [3.8, 4) is 0 Å². The lowest BCUT2D eigenvalue weighted by atomic mass is 9.96. The first kappa shape index (κ1) is 18.4. The molecule has 4 heteroatoms. The van der Waals surface area contributed by atoms with Gasteiger partial charge in [-0.1, -0.05) is 20.3 Å². The van der Waals surface area contributed by atoms with Gasteiger partial charge < -0.3 is 15.0 Å². The lowest BCUT2D eigenvalue weighted by Gasteiger charge is -2.33. The van der Waals surface area contributed by atoms with Gasteiger partial charge in [0, 0.05) is 12.1 Å². The van der Waals surface area contributed by atoms with Crippen molar-refractivity contribution in [2.75, 3.05) is 20.2 Å². The Balaban J connectivity index is 2.73. The van der Waals surface area contributed by atoms with E-state index in [4.69, 9.17) is 4.74 Å². The molecule has 0 aromatic rings. The summed E-state index contributed by atoms with van der Waals surface area (Å²) in [6, 6.07) is 1.05. The van der Waals surface area contributed by atoms with E-state index in [9.17, 15) is 4.79 Å². The highest BCUT2D eigenvalue weighted by Gasteiger charge is 2.47. The Kier molecular flexibility index (Phi) is 7.67. The third kappa shape index (κ3) is 4.68. The fourth-order valence-corrected chi connectivity index (χ4v) is 3.40. The molecule has 0 amide bonds. The summed E-state index contributed by atoms with van der Waals surface area (Å²) >= 11 is 0. The summed E-state index contributed by atoms with van der Waals surface area (Å²) in [5.41, 5.74) is -0.461. The standard InChI is InChI=1S/C17H34N2O2/c1-6-9-14(4)19(5)15-10-11-17(13-15,18-12-7-2)16(20)21-8-3/h14-15,18H,6-13H2,1-5H3. The van der Waals surface area contributed by atoms with Crippen LogP contribution in [-0.2, 0) is 9.53 Å². The van der Waals surface area contributed by atoms with Crippen LogP contribution in [0.2, 0.25) is 0 Å². The molecular weight excluding hydrogens is 264 g/mol. The van der Waals surface area contributed by atoms with Crippen LogP contribution < -0.4 is 5.32 Å². The molecule has 0 aromatic heterocycles. The van der Waals surface area contributed by atoms with Gasteiger partial charge >= 0.3 is 5.97 Å². The van der Waals surface area contributed by atoms with Crippen molar-refractivity contribution in [2.45, 2.75) is 83.8 Å². The first-order chi connectivity index (χ1) is 10.0. The molecule has 1 rings (SSSR count). The molecule has 1 aliphatic carbocycles. The number of nitrogens with zero attached hydrogens (tertiary/aromatic N) is 1. The van der Waals surface area contributed by atoms with E-state index in [-0.39, 0.29) is 5.97 Å². The number of carbonyl (C=O) groups excluding carboxylic acids is 1. The van der Waals surface area contributed by atoms with Gasteiger partial charge in [0.2, 0.25) is 0 Å². The summed E-state index contributed by atoms with van der Waals surface area (Å²) in [4.78, 5) is 14.9. The maximum Gasteiger partial charge on any atom is 0.326 e. The fourth-order valence-electron chi connectivity index (χ4n) is 3.40. The molecular formula is C17H34N2O2. The van der Waals surface area contributed by atoms with Gasteiger partial charge in [-0.2, -0.15) is 0 Å². The summed E-state index contributed by atoms with van der Waals surface area (Å²) in [7, 11) is 2.20. The maximum absolute atomic E-state index is 12.4. The molecule has 0 bridgehead atoms. The second kappa shape index (κ2) is 8.74. The van der Waals surface area contributed by atoms with E-state index in [1.807, 2.05) is 6.92 Å². The summed E-state index contributed by atoms with van der Waals surface area (Å²) in [5, 5.41) is 3.48. The molecule has 1 saturated carbocycles. The average molecular weight is 298 g/mol. The normalized spacial score (nSPS) is 27.0. The minimum Gasteiger partial charge on any atom is -0.465 e. The van der Waals surface area contributed by atoms with Crippen molar-refractivity contribution in [2.24, 2.45) is 0 Å². The predicted octanol–water partition coefficient (Wildman–Crippen LogP) is 2.96. The highest BCUT2D eigenvalue weighted by Crippen LogP contribution is 2.35. The molecule has 3 unspecified atom stereocenters. The van der Waals surface area contributed by atoms with Crippen molar-refractivity contribution in [1.29, 1.82) is 0 Å². The van der Waals surface area contributed by atoms with E-state index in [2.05, 4.69) is 38.0 Å². The van der Waals surface area contributed by atoms with Gasteiger partial charge in [0.1, 0.15) is 5.54 Å². The number of carbonyl (C=O) groups is 1. The zero-order chi connectivity index (χ0) is 15.9. The highest BCUT2D eigenvalue weighted by molar-refractivity contribution is 5.81. The van der Waals surface area contributed by atoms with Crippen LogP contribution in [0.1, 0.15) is 66.2 Å². The van der Waals surface area contributed by atoms with Crippen LogP contribution in [0.15, 0.2) is 0 Å². The zero-order valence-electron chi connectivity index (χ0n) is 14.6. The van der Waals surface area contributed by atoms with Gasteiger partial charge in [0.15, 0.2) is 0 Å². The summed E-state index contributed by atoms with van der Waals surface area (Å²) in [6.07, 6.45) is 6.28. The molecule has 1 aliphatic rings. The molecule has 0 saturated heterocycles. The molecule has 0 aliphatic heterocycles. The first-order valence-corrected chi connectivity index (χ1v) is 8.64. The molecule has 1 N–H and O–H groups in total. The quantitative estimate of drug-likeness (QED) is 0.665. The molecule has 0 aromatic carbocycles. The predicted molar refractivity (Wildman–Crippen MR) is 87.4 cm³/mol. The number of hydrogen-bond acceptors (Lipinski definition) is 4. The van der Waals surface area contributed by atoms with E-state index in [0.717, 1.165) is 32.2 Å². The summed E-state index contributed by atoms with van der Waals surface area (Å²) < 4.78 is 5.34. The Morgan fingerprint density at radius 3 is 2.67 bits per heavy atom. The van der Waals surface area contributed by atoms with Crippen molar-refractivity contribution >= 4 is 5.97 Å². The van der Waals surface area contributed by atoms with Gasteiger partial charge in [0.25, 0.3) is 0 Å². The number of ether oxygens (including phenoxy) is 1. The number of nitrogens with one attached hydrogen (secondary N) is 1. The first-order valence-electron chi connectivity index (χ1n) is 8.64. The summed E-state index contributed by atoms with van der Waals surface area (Å²) in [6.45, 7) is 9.86. The van der Waals surface area contributed by atoms with E-state index >= 15 is 0 Å². The maximum atomic E-state index is 12.4. The third-order valence-electron chi connectivity index (χ3n) is 4.85. The largest absolute Gasteiger partial charge is 0.465 e. The van der Waals surface area contributed by atoms with Gasteiger partial charge in [-0.15, -0.1) is 0 Å². The number of hydrogen-bond donors (Lipinski definition) is 1. The van der Waals surface area contributed by atoms with E-state index in [1.165, 1.54) is 12.8 Å². The highest BCUT2D eigenvalue weighted by atomic mass is 16.5. The van der Waals surface area contributed by atoms with Gasteiger partial charge in [-0.05, 0) is 59.5 Å². The summed E-state index contributed by atoms with van der Waals surface area (Å²) in [5.74, 6) is -0.0579. The molecule has 0 spiro atoms. The molecule has 4 nitrogen and oxygen atoms in total. The average Bonchev–Trinajstić information content (AvgIpc) is 2.90. The number of esters is 1. The lowest BCUT2D eigenvalue weighted by Crippen LogP contribution is -2.52. The van der Waals surface area contributed by atoms with Gasteiger partial charge in [0.05, 0.1) is 6.61 Å². The Labute approximate surface area is 130 Å². The van der Waals surface area contributed by atoms with Gasteiger partial charge in [-0.25, -0.2) is 0 Å². The number of rotatable bonds is 9. The Hall–Kier alpha value is -0.610. The Bertz CT molecular complexity index is 322. The molecule has 0 radical (unpaired) electrons. The smallest absolute Gasteiger partial charge is 0.326 e.